The fourth-order valence-electron chi connectivity index (χ4n) is 3.39. The number of halogens is 3. The fourth-order valence-corrected chi connectivity index (χ4v) is 3.39. The predicted molar refractivity (Wildman–Crippen MR) is 117 cm³/mol. The van der Waals surface area contributed by atoms with Crippen LogP contribution in [0, 0.1) is 6.92 Å². The Balaban J connectivity index is 0.000000391. The SMILES string of the molecule is Cc1cccc(CCN2CC=C(c3cccc(C(F)(F)F)n3)CC2)c1.c1ccncc1. The number of aryl methyl sites for hydroxylation is 1. The van der Waals surface area contributed by atoms with Crippen molar-refractivity contribution < 1.29 is 13.2 Å². The Kier molecular flexibility index (Phi) is 7.95. The first-order valence-corrected chi connectivity index (χ1v) is 10.3. The second kappa shape index (κ2) is 10.9. The van der Waals surface area contributed by atoms with Gasteiger partial charge >= 0.3 is 6.18 Å². The molecule has 4 rings (SSSR count). The molecule has 0 bridgehead atoms. The maximum atomic E-state index is 12.8. The summed E-state index contributed by atoms with van der Waals surface area (Å²) in [5.41, 5.74) is 3.09. The molecule has 2 aromatic heterocycles. The monoisotopic (exact) mass is 425 g/mol. The Morgan fingerprint density at radius 1 is 0.968 bits per heavy atom. The van der Waals surface area contributed by atoms with E-state index in [1.807, 2.05) is 24.3 Å². The highest BCUT2D eigenvalue weighted by Gasteiger charge is 2.32. The van der Waals surface area contributed by atoms with Crippen LogP contribution in [0.1, 0.15) is 28.9 Å². The van der Waals surface area contributed by atoms with Crippen LogP contribution < -0.4 is 0 Å². The molecule has 3 nitrogen and oxygen atoms in total. The van der Waals surface area contributed by atoms with Crippen LogP contribution in [-0.2, 0) is 12.6 Å². The third kappa shape index (κ3) is 7.33. The van der Waals surface area contributed by atoms with Gasteiger partial charge in [-0.1, -0.05) is 48.0 Å². The van der Waals surface area contributed by atoms with E-state index in [-0.39, 0.29) is 0 Å². The zero-order valence-electron chi connectivity index (χ0n) is 17.5. The molecule has 1 aliphatic heterocycles. The average molecular weight is 425 g/mol. The molecule has 0 N–H and O–H groups in total. The third-order valence-electron chi connectivity index (χ3n) is 5.03. The third-order valence-corrected chi connectivity index (χ3v) is 5.03. The second-order valence-electron chi connectivity index (χ2n) is 7.45. The van der Waals surface area contributed by atoms with E-state index in [1.54, 1.807) is 18.5 Å². The number of pyridine rings is 2. The van der Waals surface area contributed by atoms with Gasteiger partial charge in [0.15, 0.2) is 0 Å². The number of alkyl halides is 3. The van der Waals surface area contributed by atoms with E-state index in [1.165, 1.54) is 17.2 Å². The first-order valence-electron chi connectivity index (χ1n) is 10.3. The van der Waals surface area contributed by atoms with Gasteiger partial charge in [0.2, 0.25) is 0 Å². The molecule has 0 amide bonds. The highest BCUT2D eigenvalue weighted by molar-refractivity contribution is 5.63. The topological polar surface area (TPSA) is 29.0 Å². The predicted octanol–water partition coefficient (Wildman–Crippen LogP) is 5.82. The van der Waals surface area contributed by atoms with Gasteiger partial charge in [0, 0.05) is 32.0 Å². The van der Waals surface area contributed by atoms with E-state index in [4.69, 9.17) is 0 Å². The van der Waals surface area contributed by atoms with Gasteiger partial charge in [-0.2, -0.15) is 13.2 Å². The molecule has 6 heteroatoms. The van der Waals surface area contributed by atoms with Crippen molar-refractivity contribution in [1.82, 2.24) is 14.9 Å². The van der Waals surface area contributed by atoms with Crippen LogP contribution in [0.4, 0.5) is 13.2 Å². The first kappa shape index (κ1) is 22.7. The Bertz CT molecular complexity index is 958. The molecule has 31 heavy (non-hydrogen) atoms. The number of rotatable bonds is 4. The number of aromatic nitrogens is 2. The van der Waals surface area contributed by atoms with Crippen molar-refractivity contribution in [1.29, 1.82) is 0 Å². The zero-order valence-corrected chi connectivity index (χ0v) is 17.5. The minimum absolute atomic E-state index is 0.438. The molecule has 0 fully saturated rings. The average Bonchev–Trinajstić information content (AvgIpc) is 2.79. The van der Waals surface area contributed by atoms with Crippen molar-refractivity contribution in [2.75, 3.05) is 19.6 Å². The molecule has 0 saturated heterocycles. The van der Waals surface area contributed by atoms with Crippen molar-refractivity contribution in [2.24, 2.45) is 0 Å². The Hall–Kier alpha value is -2.99. The molecule has 162 valence electrons. The lowest BCUT2D eigenvalue weighted by Gasteiger charge is -2.26. The molecular formula is C25H26F3N3. The molecule has 1 aromatic carbocycles. The smallest absolute Gasteiger partial charge is 0.299 e. The van der Waals surface area contributed by atoms with Crippen molar-refractivity contribution >= 4 is 5.57 Å². The molecule has 0 unspecified atom stereocenters. The van der Waals surface area contributed by atoms with Crippen LogP contribution in [0.15, 0.2) is 79.1 Å². The summed E-state index contributed by atoms with van der Waals surface area (Å²) in [7, 11) is 0. The lowest BCUT2D eigenvalue weighted by molar-refractivity contribution is -0.141. The summed E-state index contributed by atoms with van der Waals surface area (Å²) < 4.78 is 38.4. The van der Waals surface area contributed by atoms with Crippen LogP contribution in [0.25, 0.3) is 5.57 Å². The second-order valence-corrected chi connectivity index (χ2v) is 7.45. The van der Waals surface area contributed by atoms with Crippen molar-refractivity contribution in [2.45, 2.75) is 25.9 Å². The first-order chi connectivity index (χ1) is 14.9. The van der Waals surface area contributed by atoms with Gasteiger partial charge in [-0.3, -0.25) is 9.88 Å². The highest BCUT2D eigenvalue weighted by atomic mass is 19.4. The van der Waals surface area contributed by atoms with Crippen LogP contribution in [0.2, 0.25) is 0 Å². The number of nitrogens with zero attached hydrogens (tertiary/aromatic N) is 3. The Morgan fingerprint density at radius 3 is 2.32 bits per heavy atom. The Morgan fingerprint density at radius 2 is 1.74 bits per heavy atom. The number of benzene rings is 1. The van der Waals surface area contributed by atoms with E-state index in [2.05, 4.69) is 46.1 Å². The fraction of sp³-hybridized carbons (Fsp3) is 0.280. The minimum Gasteiger partial charge on any atom is -0.299 e. The zero-order chi connectivity index (χ0) is 22.1. The minimum atomic E-state index is -4.40. The lowest BCUT2D eigenvalue weighted by Crippen LogP contribution is -2.30. The summed E-state index contributed by atoms with van der Waals surface area (Å²) >= 11 is 0. The summed E-state index contributed by atoms with van der Waals surface area (Å²) in [5.74, 6) is 0. The molecule has 3 heterocycles. The molecule has 0 saturated carbocycles. The summed E-state index contributed by atoms with van der Waals surface area (Å²) in [6, 6.07) is 18.3. The van der Waals surface area contributed by atoms with Crippen LogP contribution in [0.5, 0.6) is 0 Å². The summed E-state index contributed by atoms with van der Waals surface area (Å²) in [4.78, 5) is 9.89. The molecule has 0 atom stereocenters. The molecular weight excluding hydrogens is 399 g/mol. The molecule has 3 aromatic rings. The van der Waals surface area contributed by atoms with Gasteiger partial charge in [0.25, 0.3) is 0 Å². The van der Waals surface area contributed by atoms with Gasteiger partial charge in [-0.25, -0.2) is 4.98 Å². The van der Waals surface area contributed by atoms with Crippen LogP contribution in [-0.4, -0.2) is 34.5 Å². The number of hydrogen-bond donors (Lipinski definition) is 0. The Labute approximate surface area is 181 Å². The van der Waals surface area contributed by atoms with Gasteiger partial charge in [-0.05, 0) is 55.2 Å². The molecule has 1 aliphatic rings. The van der Waals surface area contributed by atoms with E-state index in [0.717, 1.165) is 44.1 Å². The summed E-state index contributed by atoms with van der Waals surface area (Å²) in [5, 5.41) is 0. The maximum Gasteiger partial charge on any atom is 0.433 e. The van der Waals surface area contributed by atoms with Gasteiger partial charge < -0.3 is 0 Å². The van der Waals surface area contributed by atoms with E-state index < -0.39 is 11.9 Å². The quantitative estimate of drug-likeness (QED) is 0.527. The number of hydrogen-bond acceptors (Lipinski definition) is 3. The van der Waals surface area contributed by atoms with Gasteiger partial charge in [0.1, 0.15) is 5.69 Å². The van der Waals surface area contributed by atoms with Crippen molar-refractivity contribution in [3.63, 3.8) is 0 Å². The van der Waals surface area contributed by atoms with E-state index in [0.29, 0.717) is 5.69 Å². The van der Waals surface area contributed by atoms with Gasteiger partial charge in [-0.15, -0.1) is 0 Å². The molecule has 0 spiro atoms. The summed E-state index contributed by atoms with van der Waals surface area (Å²) in [6.45, 7) is 4.62. The van der Waals surface area contributed by atoms with Crippen LogP contribution in [0.3, 0.4) is 0 Å². The van der Waals surface area contributed by atoms with E-state index in [9.17, 15) is 13.2 Å². The largest absolute Gasteiger partial charge is 0.433 e. The lowest BCUT2D eigenvalue weighted by atomic mass is 10.0. The molecule has 0 radical (unpaired) electrons. The van der Waals surface area contributed by atoms with Gasteiger partial charge in [0.05, 0.1) is 5.69 Å². The maximum absolute atomic E-state index is 12.8. The van der Waals surface area contributed by atoms with E-state index >= 15 is 0 Å². The molecule has 0 aliphatic carbocycles. The highest BCUT2D eigenvalue weighted by Crippen LogP contribution is 2.29. The van der Waals surface area contributed by atoms with Crippen molar-refractivity contribution in [3.05, 3.63) is 102 Å². The summed E-state index contributed by atoms with van der Waals surface area (Å²) in [6.07, 6.45) is 2.81. The standard InChI is InChI=1S/C20H21F3N2.C5H5N/c1-15-4-2-5-16(14-15)8-11-25-12-9-17(10-13-25)18-6-3-7-19(24-18)20(21,22)23;1-2-4-6-5-3-1/h2-7,9,14H,8,10-13H2,1H3;1-5H. The van der Waals surface area contributed by atoms with Crippen molar-refractivity contribution in [3.8, 4) is 0 Å². The normalized spacial score (nSPS) is 14.4. The van der Waals surface area contributed by atoms with Crippen LogP contribution >= 0.6 is 0 Å².